The molecule has 0 saturated heterocycles. The number of furan rings is 1. The Morgan fingerprint density at radius 1 is 1.46 bits per heavy atom. The van der Waals surface area contributed by atoms with Gasteiger partial charge in [0.25, 0.3) is 0 Å². The molecule has 0 N–H and O–H groups in total. The molecule has 24 heavy (non-hydrogen) atoms. The van der Waals surface area contributed by atoms with Crippen molar-refractivity contribution in [2.24, 2.45) is 0 Å². The first kappa shape index (κ1) is 16.8. The molecule has 3 heterocycles. The number of methoxy groups -OCH3 is 1. The van der Waals surface area contributed by atoms with Crippen LogP contribution in [-0.4, -0.2) is 27.8 Å². The summed E-state index contributed by atoms with van der Waals surface area (Å²) in [6.45, 7) is 4.61. The lowest BCUT2D eigenvalue weighted by Gasteiger charge is -2.05. The van der Waals surface area contributed by atoms with Crippen LogP contribution in [0.25, 0.3) is 10.7 Å². The molecule has 0 aliphatic carbocycles. The molecule has 0 aromatic carbocycles. The summed E-state index contributed by atoms with van der Waals surface area (Å²) in [5.41, 5.74) is 0.462. The molecule has 3 aromatic rings. The molecule has 0 fully saturated rings. The maximum Gasteiger partial charge on any atom is 0.341 e. The first-order chi connectivity index (χ1) is 11.6. The van der Waals surface area contributed by atoms with E-state index < -0.39 is 0 Å². The highest BCUT2D eigenvalue weighted by Crippen LogP contribution is 2.29. The Kier molecular flexibility index (Phi) is 5.06. The number of carbonyl (C=O) groups excluding carboxylic acids is 1. The van der Waals surface area contributed by atoms with Gasteiger partial charge in [0.05, 0.1) is 17.7 Å². The molecule has 0 radical (unpaired) electrons. The summed E-state index contributed by atoms with van der Waals surface area (Å²) in [4.78, 5) is 12.7. The van der Waals surface area contributed by atoms with E-state index in [4.69, 9.17) is 9.15 Å². The fraction of sp³-hybridized carbons (Fsp3) is 0.312. The second kappa shape index (κ2) is 7.23. The van der Waals surface area contributed by atoms with E-state index in [1.165, 1.54) is 18.9 Å². The standard InChI is InChI=1S/C16H17N3O3S2/c1-4-19-14(13-6-5-7-23-13)17-18-16(19)24-9-11-8-12(10(2)22-11)15(20)21-3/h5-8H,4,9H2,1-3H3. The Morgan fingerprint density at radius 3 is 2.96 bits per heavy atom. The zero-order valence-corrected chi connectivity index (χ0v) is 15.2. The Bertz CT molecular complexity index is 837. The van der Waals surface area contributed by atoms with Gasteiger partial charge in [-0.05, 0) is 31.4 Å². The highest BCUT2D eigenvalue weighted by atomic mass is 32.2. The number of nitrogens with zero attached hydrogens (tertiary/aromatic N) is 3. The molecule has 0 unspecified atom stereocenters. The predicted octanol–water partition coefficient (Wildman–Crippen LogP) is 4.01. The van der Waals surface area contributed by atoms with Crippen molar-refractivity contribution in [2.75, 3.05) is 7.11 Å². The Labute approximate surface area is 147 Å². The molecule has 0 spiro atoms. The van der Waals surface area contributed by atoms with E-state index in [0.29, 0.717) is 22.8 Å². The highest BCUT2D eigenvalue weighted by Gasteiger charge is 2.18. The molecule has 0 amide bonds. The van der Waals surface area contributed by atoms with Gasteiger partial charge in [0, 0.05) is 6.54 Å². The number of hydrogen-bond acceptors (Lipinski definition) is 7. The van der Waals surface area contributed by atoms with Gasteiger partial charge in [-0.1, -0.05) is 17.8 Å². The van der Waals surface area contributed by atoms with Crippen LogP contribution in [0.15, 0.2) is 33.2 Å². The second-order valence-corrected chi connectivity index (χ2v) is 6.88. The number of carbonyl (C=O) groups is 1. The molecule has 126 valence electrons. The van der Waals surface area contributed by atoms with Gasteiger partial charge in [0.15, 0.2) is 11.0 Å². The van der Waals surface area contributed by atoms with Crippen LogP contribution in [0.5, 0.6) is 0 Å². The van der Waals surface area contributed by atoms with Crippen molar-refractivity contribution in [3.8, 4) is 10.7 Å². The van der Waals surface area contributed by atoms with Crippen molar-refractivity contribution in [3.05, 3.63) is 40.7 Å². The first-order valence-electron chi connectivity index (χ1n) is 7.41. The topological polar surface area (TPSA) is 70.2 Å². The van der Waals surface area contributed by atoms with Crippen LogP contribution in [0.3, 0.4) is 0 Å². The van der Waals surface area contributed by atoms with E-state index in [-0.39, 0.29) is 5.97 Å². The Morgan fingerprint density at radius 2 is 2.29 bits per heavy atom. The number of rotatable bonds is 6. The number of thiophene rings is 1. The van der Waals surface area contributed by atoms with Crippen molar-refractivity contribution in [3.63, 3.8) is 0 Å². The van der Waals surface area contributed by atoms with Crippen molar-refractivity contribution >= 4 is 29.1 Å². The summed E-state index contributed by atoms with van der Waals surface area (Å²) in [6, 6.07) is 5.76. The maximum atomic E-state index is 11.6. The van der Waals surface area contributed by atoms with Gasteiger partial charge < -0.3 is 13.7 Å². The SMILES string of the molecule is CCn1c(SCc2cc(C(=O)OC)c(C)o2)nnc1-c1cccs1. The van der Waals surface area contributed by atoms with Crippen molar-refractivity contribution in [1.29, 1.82) is 0 Å². The van der Waals surface area contributed by atoms with E-state index >= 15 is 0 Å². The van der Waals surface area contributed by atoms with Crippen LogP contribution in [0, 0.1) is 6.92 Å². The zero-order valence-electron chi connectivity index (χ0n) is 13.6. The number of aromatic nitrogens is 3. The number of esters is 1. The van der Waals surface area contributed by atoms with Crippen molar-refractivity contribution < 1.29 is 13.9 Å². The largest absolute Gasteiger partial charge is 0.465 e. The van der Waals surface area contributed by atoms with Gasteiger partial charge in [-0.25, -0.2) is 4.79 Å². The fourth-order valence-electron chi connectivity index (χ4n) is 2.33. The average molecular weight is 363 g/mol. The number of aryl methyl sites for hydroxylation is 1. The maximum absolute atomic E-state index is 11.6. The fourth-order valence-corrected chi connectivity index (χ4v) is 3.93. The van der Waals surface area contributed by atoms with Crippen LogP contribution in [0.4, 0.5) is 0 Å². The van der Waals surface area contributed by atoms with Gasteiger partial charge in [-0.2, -0.15) is 0 Å². The van der Waals surface area contributed by atoms with Crippen LogP contribution in [0.1, 0.15) is 28.8 Å². The lowest BCUT2D eigenvalue weighted by molar-refractivity contribution is 0.0599. The summed E-state index contributed by atoms with van der Waals surface area (Å²) in [5, 5.41) is 11.4. The summed E-state index contributed by atoms with van der Waals surface area (Å²) >= 11 is 3.17. The van der Waals surface area contributed by atoms with E-state index in [1.807, 2.05) is 17.5 Å². The third-order valence-electron chi connectivity index (χ3n) is 3.49. The molecule has 0 saturated carbocycles. The van der Waals surface area contributed by atoms with Crippen LogP contribution >= 0.6 is 23.1 Å². The van der Waals surface area contributed by atoms with Crippen molar-refractivity contribution in [1.82, 2.24) is 14.8 Å². The zero-order chi connectivity index (χ0) is 17.1. The predicted molar refractivity (Wildman–Crippen MR) is 93.4 cm³/mol. The highest BCUT2D eigenvalue weighted by molar-refractivity contribution is 7.98. The summed E-state index contributed by atoms with van der Waals surface area (Å²) < 4.78 is 12.5. The lowest BCUT2D eigenvalue weighted by Crippen LogP contribution is -2.00. The molecule has 0 aliphatic heterocycles. The molecule has 0 bridgehead atoms. The molecule has 6 nitrogen and oxygen atoms in total. The quantitative estimate of drug-likeness (QED) is 0.487. The second-order valence-electron chi connectivity index (χ2n) is 4.99. The minimum atomic E-state index is -0.385. The van der Waals surface area contributed by atoms with E-state index in [1.54, 1.807) is 24.3 Å². The minimum absolute atomic E-state index is 0.385. The third kappa shape index (κ3) is 3.25. The molecule has 0 aliphatic rings. The molecule has 0 atom stereocenters. The number of hydrogen-bond donors (Lipinski definition) is 0. The summed E-state index contributed by atoms with van der Waals surface area (Å²) in [6.07, 6.45) is 0. The van der Waals surface area contributed by atoms with Crippen molar-refractivity contribution in [2.45, 2.75) is 31.3 Å². The molecule has 3 rings (SSSR count). The smallest absolute Gasteiger partial charge is 0.341 e. The van der Waals surface area contributed by atoms with Gasteiger partial charge in [-0.3, -0.25) is 0 Å². The normalized spacial score (nSPS) is 11.0. The molecular formula is C16H17N3O3S2. The van der Waals surface area contributed by atoms with E-state index in [0.717, 1.165) is 22.4 Å². The monoisotopic (exact) mass is 363 g/mol. The Balaban J connectivity index is 1.77. The van der Waals surface area contributed by atoms with Crippen LogP contribution < -0.4 is 0 Å². The Hall–Kier alpha value is -2.06. The van der Waals surface area contributed by atoms with E-state index in [2.05, 4.69) is 21.7 Å². The van der Waals surface area contributed by atoms with E-state index in [9.17, 15) is 4.79 Å². The lowest BCUT2D eigenvalue weighted by atomic mass is 10.2. The first-order valence-corrected chi connectivity index (χ1v) is 9.28. The van der Waals surface area contributed by atoms with Crippen LogP contribution in [-0.2, 0) is 17.0 Å². The van der Waals surface area contributed by atoms with Gasteiger partial charge >= 0.3 is 5.97 Å². The minimum Gasteiger partial charge on any atom is -0.465 e. The van der Waals surface area contributed by atoms with Crippen LogP contribution in [0.2, 0.25) is 0 Å². The summed E-state index contributed by atoms with van der Waals surface area (Å²) in [7, 11) is 1.36. The molecule has 3 aromatic heterocycles. The summed E-state index contributed by atoms with van der Waals surface area (Å²) in [5.74, 6) is 2.33. The van der Waals surface area contributed by atoms with Gasteiger partial charge in [-0.15, -0.1) is 21.5 Å². The van der Waals surface area contributed by atoms with Gasteiger partial charge in [0.2, 0.25) is 0 Å². The number of thioether (sulfide) groups is 1. The third-order valence-corrected chi connectivity index (χ3v) is 5.35. The molecule has 8 heteroatoms. The number of ether oxygens (including phenoxy) is 1. The van der Waals surface area contributed by atoms with Gasteiger partial charge in [0.1, 0.15) is 17.1 Å². The molecular weight excluding hydrogens is 346 g/mol. The average Bonchev–Trinajstić information content (AvgIpc) is 3.30.